The Bertz CT molecular complexity index is 648. The molecule has 0 bridgehead atoms. The Kier molecular flexibility index (Phi) is 4.33. The van der Waals surface area contributed by atoms with Crippen LogP contribution >= 0.6 is 11.3 Å². The van der Waals surface area contributed by atoms with Crippen LogP contribution in [0.3, 0.4) is 0 Å². The second-order valence-electron chi connectivity index (χ2n) is 6.15. The Morgan fingerprint density at radius 1 is 1.30 bits per heavy atom. The monoisotopic (exact) mass is 333 g/mol. The van der Waals surface area contributed by atoms with Crippen molar-refractivity contribution in [2.24, 2.45) is 0 Å². The van der Waals surface area contributed by atoms with E-state index in [4.69, 9.17) is 4.74 Å². The number of H-pyrrole nitrogens is 1. The second kappa shape index (κ2) is 6.59. The Morgan fingerprint density at radius 2 is 2.17 bits per heavy atom. The van der Waals surface area contributed by atoms with Crippen molar-refractivity contribution in [2.75, 3.05) is 37.7 Å². The SMILES string of the molecule is CCc1n[nH]c2c1CN(Cc1cnc(N3CCOCC3)s1)CC2. The van der Waals surface area contributed by atoms with Gasteiger partial charge in [-0.25, -0.2) is 4.98 Å². The minimum atomic E-state index is 0.810. The summed E-state index contributed by atoms with van der Waals surface area (Å²) in [5.74, 6) is 0. The van der Waals surface area contributed by atoms with E-state index in [2.05, 4.69) is 31.9 Å². The van der Waals surface area contributed by atoms with Gasteiger partial charge in [-0.05, 0) is 6.42 Å². The molecule has 23 heavy (non-hydrogen) atoms. The zero-order chi connectivity index (χ0) is 15.6. The highest BCUT2D eigenvalue weighted by Gasteiger charge is 2.22. The first-order valence-corrected chi connectivity index (χ1v) is 9.20. The Labute approximate surface area is 140 Å². The molecule has 0 spiro atoms. The van der Waals surface area contributed by atoms with Crippen LogP contribution in [0.25, 0.3) is 0 Å². The molecule has 0 amide bonds. The lowest BCUT2D eigenvalue weighted by Gasteiger charge is -2.27. The number of aromatic amines is 1. The van der Waals surface area contributed by atoms with E-state index in [0.29, 0.717) is 0 Å². The van der Waals surface area contributed by atoms with Gasteiger partial charge in [-0.3, -0.25) is 10.00 Å². The quantitative estimate of drug-likeness (QED) is 0.925. The molecular weight excluding hydrogens is 310 g/mol. The molecule has 2 aromatic rings. The van der Waals surface area contributed by atoms with Gasteiger partial charge in [0.2, 0.25) is 0 Å². The van der Waals surface area contributed by atoms with Crippen LogP contribution in [0.1, 0.15) is 28.8 Å². The number of anilines is 1. The van der Waals surface area contributed by atoms with Crippen molar-refractivity contribution >= 4 is 16.5 Å². The van der Waals surface area contributed by atoms with Crippen molar-refractivity contribution < 1.29 is 4.74 Å². The van der Waals surface area contributed by atoms with Crippen LogP contribution in [-0.2, 0) is 30.7 Å². The van der Waals surface area contributed by atoms with Crippen LogP contribution in [-0.4, -0.2) is 52.9 Å². The highest BCUT2D eigenvalue weighted by molar-refractivity contribution is 7.15. The molecule has 2 aromatic heterocycles. The number of rotatable bonds is 4. The zero-order valence-corrected chi connectivity index (χ0v) is 14.4. The molecular formula is C16H23N5OS. The van der Waals surface area contributed by atoms with Crippen molar-refractivity contribution in [1.29, 1.82) is 0 Å². The van der Waals surface area contributed by atoms with E-state index in [1.165, 1.54) is 21.8 Å². The van der Waals surface area contributed by atoms with Gasteiger partial charge in [0, 0.05) is 61.5 Å². The van der Waals surface area contributed by atoms with E-state index < -0.39 is 0 Å². The predicted molar refractivity (Wildman–Crippen MR) is 90.9 cm³/mol. The fraction of sp³-hybridized carbons (Fsp3) is 0.625. The van der Waals surface area contributed by atoms with Crippen LogP contribution in [0.4, 0.5) is 5.13 Å². The molecule has 1 N–H and O–H groups in total. The highest BCUT2D eigenvalue weighted by Crippen LogP contribution is 2.27. The minimum absolute atomic E-state index is 0.810. The van der Waals surface area contributed by atoms with Gasteiger partial charge in [-0.15, -0.1) is 11.3 Å². The van der Waals surface area contributed by atoms with E-state index in [1.807, 2.05) is 17.5 Å². The Morgan fingerprint density at radius 3 is 3.00 bits per heavy atom. The third kappa shape index (κ3) is 3.13. The Balaban J connectivity index is 1.42. The average molecular weight is 333 g/mol. The molecule has 2 aliphatic heterocycles. The van der Waals surface area contributed by atoms with E-state index in [1.54, 1.807) is 0 Å². The maximum Gasteiger partial charge on any atom is 0.185 e. The van der Waals surface area contributed by atoms with Gasteiger partial charge in [0.1, 0.15) is 0 Å². The first-order valence-electron chi connectivity index (χ1n) is 8.38. The highest BCUT2D eigenvalue weighted by atomic mass is 32.1. The summed E-state index contributed by atoms with van der Waals surface area (Å²) >= 11 is 1.82. The minimum Gasteiger partial charge on any atom is -0.378 e. The molecule has 124 valence electrons. The molecule has 4 rings (SSSR count). The average Bonchev–Trinajstić information content (AvgIpc) is 3.22. The molecule has 0 saturated carbocycles. The molecule has 0 atom stereocenters. The summed E-state index contributed by atoms with van der Waals surface area (Å²) in [4.78, 5) is 10.8. The van der Waals surface area contributed by atoms with Gasteiger partial charge in [-0.1, -0.05) is 6.92 Å². The predicted octanol–water partition coefficient (Wildman–Crippen LogP) is 1.82. The summed E-state index contributed by atoms with van der Waals surface area (Å²) in [6.45, 7) is 8.77. The third-order valence-corrected chi connectivity index (χ3v) is 5.68. The number of fused-ring (bicyclic) bond motifs is 1. The molecule has 0 unspecified atom stereocenters. The lowest BCUT2D eigenvalue weighted by Crippen LogP contribution is -2.36. The van der Waals surface area contributed by atoms with Crippen molar-refractivity contribution in [3.8, 4) is 0 Å². The number of ether oxygens (including phenoxy) is 1. The van der Waals surface area contributed by atoms with Crippen LogP contribution in [0.2, 0.25) is 0 Å². The van der Waals surface area contributed by atoms with Gasteiger partial charge in [0.05, 0.1) is 18.9 Å². The summed E-state index contributed by atoms with van der Waals surface area (Å²) in [5.41, 5.74) is 3.97. The molecule has 1 fully saturated rings. The normalized spacial score (nSPS) is 19.1. The number of aryl methyl sites for hydroxylation is 1. The molecule has 1 saturated heterocycles. The topological polar surface area (TPSA) is 57.3 Å². The number of aromatic nitrogens is 3. The summed E-state index contributed by atoms with van der Waals surface area (Å²) in [6, 6.07) is 0. The number of nitrogens with one attached hydrogen (secondary N) is 1. The van der Waals surface area contributed by atoms with Crippen LogP contribution in [0.5, 0.6) is 0 Å². The van der Waals surface area contributed by atoms with E-state index >= 15 is 0 Å². The fourth-order valence-corrected chi connectivity index (χ4v) is 4.33. The van der Waals surface area contributed by atoms with E-state index in [0.717, 1.165) is 63.9 Å². The largest absolute Gasteiger partial charge is 0.378 e. The molecule has 7 heteroatoms. The van der Waals surface area contributed by atoms with Gasteiger partial charge in [0.15, 0.2) is 5.13 Å². The summed E-state index contributed by atoms with van der Waals surface area (Å²) in [5, 5.41) is 8.78. The number of hydrogen-bond acceptors (Lipinski definition) is 6. The molecule has 0 aromatic carbocycles. The van der Waals surface area contributed by atoms with Crippen LogP contribution < -0.4 is 4.90 Å². The van der Waals surface area contributed by atoms with Crippen LogP contribution in [0.15, 0.2) is 6.20 Å². The second-order valence-corrected chi connectivity index (χ2v) is 7.24. The number of hydrogen-bond donors (Lipinski definition) is 1. The molecule has 2 aliphatic rings. The zero-order valence-electron chi connectivity index (χ0n) is 13.5. The summed E-state index contributed by atoms with van der Waals surface area (Å²) in [7, 11) is 0. The fourth-order valence-electron chi connectivity index (χ4n) is 3.33. The number of thiazole rings is 1. The smallest absolute Gasteiger partial charge is 0.185 e. The first-order chi connectivity index (χ1) is 11.3. The van der Waals surface area contributed by atoms with Crippen molar-refractivity contribution in [2.45, 2.75) is 32.9 Å². The standard InChI is InChI=1S/C16H23N5OS/c1-2-14-13-11-20(4-3-15(13)19-18-14)10-12-9-17-16(23-12)21-5-7-22-8-6-21/h9H,2-8,10-11H2,1H3,(H,18,19). The lowest BCUT2D eigenvalue weighted by molar-refractivity contribution is 0.122. The maximum atomic E-state index is 5.42. The number of nitrogens with zero attached hydrogens (tertiary/aromatic N) is 4. The van der Waals surface area contributed by atoms with Crippen molar-refractivity contribution in [1.82, 2.24) is 20.1 Å². The molecule has 0 aliphatic carbocycles. The van der Waals surface area contributed by atoms with Gasteiger partial charge in [-0.2, -0.15) is 5.10 Å². The lowest BCUT2D eigenvalue weighted by atomic mass is 10.0. The van der Waals surface area contributed by atoms with Gasteiger partial charge < -0.3 is 9.64 Å². The maximum absolute atomic E-state index is 5.42. The van der Waals surface area contributed by atoms with Crippen LogP contribution in [0, 0.1) is 0 Å². The van der Waals surface area contributed by atoms with Crippen molar-refractivity contribution in [3.05, 3.63) is 28.0 Å². The first kappa shape index (κ1) is 15.1. The summed E-state index contributed by atoms with van der Waals surface area (Å²) in [6.07, 6.45) is 4.11. The molecule has 4 heterocycles. The van der Waals surface area contributed by atoms with Gasteiger partial charge >= 0.3 is 0 Å². The summed E-state index contributed by atoms with van der Waals surface area (Å²) < 4.78 is 5.42. The number of morpholine rings is 1. The molecule has 6 nitrogen and oxygen atoms in total. The third-order valence-electron chi connectivity index (χ3n) is 4.64. The van der Waals surface area contributed by atoms with Gasteiger partial charge in [0.25, 0.3) is 0 Å². The Hall–Kier alpha value is -1.44. The van der Waals surface area contributed by atoms with Crippen molar-refractivity contribution in [3.63, 3.8) is 0 Å². The van der Waals surface area contributed by atoms with E-state index in [9.17, 15) is 0 Å². The van der Waals surface area contributed by atoms with E-state index in [-0.39, 0.29) is 0 Å². The molecule has 0 radical (unpaired) electrons.